The quantitative estimate of drug-likeness (QED) is 0.901. The predicted molar refractivity (Wildman–Crippen MR) is 67.8 cm³/mol. The summed E-state index contributed by atoms with van der Waals surface area (Å²) in [6.07, 6.45) is 0.513. The van der Waals surface area contributed by atoms with E-state index < -0.39 is 5.97 Å². The van der Waals surface area contributed by atoms with Crippen molar-refractivity contribution in [1.82, 2.24) is 5.16 Å². The zero-order valence-corrected chi connectivity index (χ0v) is 10.7. The highest BCUT2D eigenvalue weighted by Crippen LogP contribution is 2.27. The Morgan fingerprint density at radius 2 is 2.06 bits per heavy atom. The van der Waals surface area contributed by atoms with Crippen LogP contribution in [0.25, 0.3) is 11.3 Å². The molecule has 94 valence electrons. The fraction of sp³-hybridized carbons (Fsp3) is 0.286. The normalized spacial score (nSPS) is 10.6. The van der Waals surface area contributed by atoms with Crippen LogP contribution in [0.2, 0.25) is 0 Å². The summed E-state index contributed by atoms with van der Waals surface area (Å²) < 4.78 is 5.10. The number of hydrogen-bond donors (Lipinski definition) is 1. The molecule has 4 nitrogen and oxygen atoms in total. The van der Waals surface area contributed by atoms with Gasteiger partial charge in [0.1, 0.15) is 11.3 Å². The van der Waals surface area contributed by atoms with Gasteiger partial charge in [-0.15, -0.1) is 0 Å². The minimum Gasteiger partial charge on any atom is -0.477 e. The van der Waals surface area contributed by atoms with Crippen LogP contribution < -0.4 is 0 Å². The molecule has 0 fully saturated rings. The van der Waals surface area contributed by atoms with Crippen LogP contribution in [0.1, 0.15) is 34.2 Å². The number of carbonyl (C=O) groups is 1. The molecule has 0 aliphatic heterocycles. The smallest absolute Gasteiger partial charge is 0.341 e. The molecule has 0 atom stereocenters. The van der Waals surface area contributed by atoms with Crippen molar-refractivity contribution in [3.63, 3.8) is 0 Å². The monoisotopic (exact) mass is 245 g/mol. The lowest BCUT2D eigenvalue weighted by Crippen LogP contribution is -2.01. The molecule has 0 radical (unpaired) electrons. The molecule has 0 saturated heterocycles. The van der Waals surface area contributed by atoms with Crippen molar-refractivity contribution in [2.45, 2.75) is 27.2 Å². The molecular formula is C14H15NO3. The number of rotatable bonds is 3. The Bertz CT molecular complexity index is 599. The highest BCUT2D eigenvalue weighted by Gasteiger charge is 2.22. The zero-order chi connectivity index (χ0) is 13.3. The number of aryl methyl sites for hydroxylation is 3. The maximum Gasteiger partial charge on any atom is 0.341 e. The summed E-state index contributed by atoms with van der Waals surface area (Å²) in [6, 6.07) is 5.75. The second kappa shape index (κ2) is 4.64. The van der Waals surface area contributed by atoms with Crippen LogP contribution in [0, 0.1) is 13.8 Å². The van der Waals surface area contributed by atoms with E-state index in [1.54, 1.807) is 0 Å². The van der Waals surface area contributed by atoms with E-state index in [0.717, 1.165) is 16.7 Å². The van der Waals surface area contributed by atoms with E-state index >= 15 is 0 Å². The second-order valence-corrected chi connectivity index (χ2v) is 4.29. The number of aromatic nitrogens is 1. The molecule has 1 heterocycles. The molecule has 0 unspecified atom stereocenters. The van der Waals surface area contributed by atoms with E-state index in [1.807, 2.05) is 39.0 Å². The Hall–Kier alpha value is -2.10. The molecule has 0 aliphatic carbocycles. The van der Waals surface area contributed by atoms with Gasteiger partial charge in [-0.1, -0.05) is 24.2 Å². The topological polar surface area (TPSA) is 63.3 Å². The number of carboxylic acid groups (broad SMARTS) is 1. The van der Waals surface area contributed by atoms with Crippen LogP contribution in [-0.4, -0.2) is 16.2 Å². The average molecular weight is 245 g/mol. The molecule has 0 bridgehead atoms. The molecule has 1 aromatic carbocycles. The third-order valence-electron chi connectivity index (χ3n) is 3.08. The summed E-state index contributed by atoms with van der Waals surface area (Å²) in [5, 5.41) is 13.1. The van der Waals surface area contributed by atoms with Crippen LogP contribution in [0.3, 0.4) is 0 Å². The molecule has 2 rings (SSSR count). The Balaban J connectivity index is 2.60. The molecular weight excluding hydrogens is 230 g/mol. The van der Waals surface area contributed by atoms with Gasteiger partial charge in [0.2, 0.25) is 0 Å². The SMILES string of the molecule is CCc1onc(-c2ccc(C)c(C)c2)c1C(=O)O. The van der Waals surface area contributed by atoms with Crippen LogP contribution in [0.15, 0.2) is 22.7 Å². The first-order valence-electron chi connectivity index (χ1n) is 5.84. The van der Waals surface area contributed by atoms with Gasteiger partial charge in [-0.2, -0.15) is 0 Å². The van der Waals surface area contributed by atoms with Crippen LogP contribution in [0.4, 0.5) is 0 Å². The van der Waals surface area contributed by atoms with Crippen molar-refractivity contribution in [2.75, 3.05) is 0 Å². The third-order valence-corrected chi connectivity index (χ3v) is 3.08. The fourth-order valence-corrected chi connectivity index (χ4v) is 1.87. The average Bonchev–Trinajstić information content (AvgIpc) is 2.76. The van der Waals surface area contributed by atoms with Crippen LogP contribution in [-0.2, 0) is 6.42 Å². The Labute approximate surface area is 105 Å². The fourth-order valence-electron chi connectivity index (χ4n) is 1.87. The molecule has 1 aromatic heterocycles. The highest BCUT2D eigenvalue weighted by molar-refractivity contribution is 5.95. The van der Waals surface area contributed by atoms with E-state index in [0.29, 0.717) is 17.9 Å². The van der Waals surface area contributed by atoms with E-state index in [9.17, 15) is 9.90 Å². The van der Waals surface area contributed by atoms with Gasteiger partial charge in [0.15, 0.2) is 5.76 Å². The molecule has 2 aromatic rings. The molecule has 0 aliphatic rings. The Morgan fingerprint density at radius 1 is 1.33 bits per heavy atom. The summed E-state index contributed by atoms with van der Waals surface area (Å²) in [5.74, 6) is -0.586. The first-order valence-corrected chi connectivity index (χ1v) is 5.84. The van der Waals surface area contributed by atoms with Gasteiger partial charge in [0.05, 0.1) is 0 Å². The van der Waals surface area contributed by atoms with Crippen molar-refractivity contribution in [1.29, 1.82) is 0 Å². The van der Waals surface area contributed by atoms with Gasteiger partial charge in [0, 0.05) is 12.0 Å². The summed E-state index contributed by atoms with van der Waals surface area (Å²) in [4.78, 5) is 11.3. The second-order valence-electron chi connectivity index (χ2n) is 4.29. The lowest BCUT2D eigenvalue weighted by Gasteiger charge is -2.03. The largest absolute Gasteiger partial charge is 0.477 e. The Kier molecular flexibility index (Phi) is 3.19. The summed E-state index contributed by atoms with van der Waals surface area (Å²) >= 11 is 0. The van der Waals surface area contributed by atoms with Gasteiger partial charge < -0.3 is 9.63 Å². The van der Waals surface area contributed by atoms with Crippen LogP contribution >= 0.6 is 0 Å². The third kappa shape index (κ3) is 2.01. The molecule has 4 heteroatoms. The van der Waals surface area contributed by atoms with Gasteiger partial charge in [-0.25, -0.2) is 4.79 Å². The standard InChI is InChI=1S/C14H15NO3/c1-4-11-12(14(16)17)13(15-18-11)10-6-5-8(2)9(3)7-10/h5-7H,4H2,1-3H3,(H,16,17). The molecule has 0 saturated carbocycles. The van der Waals surface area contributed by atoms with Gasteiger partial charge in [0.25, 0.3) is 0 Å². The number of aromatic carboxylic acids is 1. The van der Waals surface area contributed by atoms with Crippen molar-refractivity contribution < 1.29 is 14.4 Å². The van der Waals surface area contributed by atoms with Crippen LogP contribution in [0.5, 0.6) is 0 Å². The summed E-state index contributed by atoms with van der Waals surface area (Å²) in [6.45, 7) is 5.84. The number of hydrogen-bond acceptors (Lipinski definition) is 3. The van der Waals surface area contributed by atoms with E-state index in [4.69, 9.17) is 4.52 Å². The minimum atomic E-state index is -0.999. The lowest BCUT2D eigenvalue weighted by molar-refractivity contribution is 0.0695. The maximum atomic E-state index is 11.3. The summed E-state index contributed by atoms with van der Waals surface area (Å²) in [5.41, 5.74) is 3.61. The molecule has 0 spiro atoms. The van der Waals surface area contributed by atoms with Crippen molar-refractivity contribution in [3.05, 3.63) is 40.6 Å². The number of carboxylic acids is 1. The first kappa shape index (κ1) is 12.4. The lowest BCUT2D eigenvalue weighted by atomic mass is 10.0. The van der Waals surface area contributed by atoms with E-state index in [-0.39, 0.29) is 5.56 Å². The minimum absolute atomic E-state index is 0.167. The zero-order valence-electron chi connectivity index (χ0n) is 10.7. The maximum absolute atomic E-state index is 11.3. The number of nitrogens with zero attached hydrogens (tertiary/aromatic N) is 1. The van der Waals surface area contributed by atoms with Crippen molar-refractivity contribution >= 4 is 5.97 Å². The highest BCUT2D eigenvalue weighted by atomic mass is 16.5. The van der Waals surface area contributed by atoms with E-state index in [2.05, 4.69) is 5.16 Å². The van der Waals surface area contributed by atoms with Gasteiger partial charge in [-0.3, -0.25) is 0 Å². The van der Waals surface area contributed by atoms with Crippen molar-refractivity contribution in [2.24, 2.45) is 0 Å². The molecule has 18 heavy (non-hydrogen) atoms. The molecule has 0 amide bonds. The number of benzene rings is 1. The predicted octanol–water partition coefficient (Wildman–Crippen LogP) is 3.22. The van der Waals surface area contributed by atoms with E-state index in [1.165, 1.54) is 0 Å². The van der Waals surface area contributed by atoms with Crippen molar-refractivity contribution in [3.8, 4) is 11.3 Å². The Morgan fingerprint density at radius 3 is 2.61 bits per heavy atom. The van der Waals surface area contributed by atoms with Gasteiger partial charge >= 0.3 is 5.97 Å². The first-order chi connectivity index (χ1) is 8.54. The van der Waals surface area contributed by atoms with Gasteiger partial charge in [-0.05, 0) is 31.0 Å². The summed E-state index contributed by atoms with van der Waals surface area (Å²) in [7, 11) is 0. The molecule has 1 N–H and O–H groups in total.